The largest absolute Gasteiger partial charge is 0.497 e. The summed E-state index contributed by atoms with van der Waals surface area (Å²) in [6.45, 7) is 0. The molecule has 34 heavy (non-hydrogen) atoms. The third-order valence-electron chi connectivity index (χ3n) is 7.01. The van der Waals surface area contributed by atoms with Crippen molar-refractivity contribution in [2.24, 2.45) is 5.41 Å². The highest BCUT2D eigenvalue weighted by molar-refractivity contribution is 5.94. The Balaban J connectivity index is 1.21. The van der Waals surface area contributed by atoms with Gasteiger partial charge in [-0.15, -0.1) is 0 Å². The lowest BCUT2D eigenvalue weighted by molar-refractivity contribution is -0.140. The molecule has 0 bridgehead atoms. The van der Waals surface area contributed by atoms with Crippen LogP contribution in [0.2, 0.25) is 0 Å². The summed E-state index contributed by atoms with van der Waals surface area (Å²) in [6, 6.07) is 9.21. The normalized spacial score (nSPS) is 24.3. The Morgan fingerprint density at radius 2 is 1.88 bits per heavy atom. The number of aromatic nitrogens is 2. The van der Waals surface area contributed by atoms with Gasteiger partial charge in [0, 0.05) is 36.0 Å². The summed E-state index contributed by atoms with van der Waals surface area (Å²) in [5.41, 5.74) is -0.567. The molecule has 2 saturated carbocycles. The number of rotatable bonds is 5. The average Bonchev–Trinajstić information content (AvgIpc) is 3.24. The van der Waals surface area contributed by atoms with Crippen LogP contribution in [0, 0.1) is 11.2 Å². The van der Waals surface area contributed by atoms with Crippen molar-refractivity contribution in [2.45, 2.75) is 50.4 Å². The Kier molecular flexibility index (Phi) is 5.41. The van der Waals surface area contributed by atoms with Crippen LogP contribution in [-0.2, 0) is 6.18 Å². The van der Waals surface area contributed by atoms with Crippen LogP contribution in [0.4, 0.5) is 23.4 Å². The molecule has 0 aliphatic heterocycles. The van der Waals surface area contributed by atoms with Crippen LogP contribution >= 0.6 is 0 Å². The second kappa shape index (κ2) is 8.18. The van der Waals surface area contributed by atoms with E-state index in [-0.39, 0.29) is 34.9 Å². The number of nitrogens with zero attached hydrogens (tertiary/aromatic N) is 2. The molecule has 2 aromatic heterocycles. The minimum absolute atomic E-state index is 0.00736. The number of amides is 1. The zero-order valence-corrected chi connectivity index (χ0v) is 18.5. The van der Waals surface area contributed by atoms with Crippen LogP contribution in [0.1, 0.15) is 48.2 Å². The van der Waals surface area contributed by atoms with E-state index < -0.39 is 17.7 Å². The maximum absolute atomic E-state index is 14.0. The molecular formula is C24H24F4N4O2. The fourth-order valence-electron chi connectivity index (χ4n) is 4.93. The van der Waals surface area contributed by atoms with Crippen LogP contribution in [0.25, 0.3) is 5.65 Å². The van der Waals surface area contributed by atoms with Gasteiger partial charge in [-0.25, -0.2) is 9.37 Å². The lowest BCUT2D eigenvalue weighted by Crippen LogP contribution is -2.38. The summed E-state index contributed by atoms with van der Waals surface area (Å²) < 4.78 is 59.6. The minimum atomic E-state index is -4.60. The van der Waals surface area contributed by atoms with Gasteiger partial charge in [0.1, 0.15) is 23.0 Å². The smallest absolute Gasteiger partial charge is 0.434 e. The van der Waals surface area contributed by atoms with Crippen LogP contribution in [-0.4, -0.2) is 34.5 Å². The zero-order valence-electron chi connectivity index (χ0n) is 18.5. The van der Waals surface area contributed by atoms with Gasteiger partial charge < -0.3 is 15.4 Å². The molecule has 2 aliphatic carbocycles. The SMILES string of the molecule is COc1ccc(C(=O)NC2CCC3(CC2)CC3Nc2cc(F)cc3nc(C(F)(F)F)cn23)cc1. The third kappa shape index (κ3) is 4.28. The Hall–Kier alpha value is -3.30. The van der Waals surface area contributed by atoms with Gasteiger partial charge in [-0.05, 0) is 61.8 Å². The van der Waals surface area contributed by atoms with Gasteiger partial charge >= 0.3 is 6.18 Å². The molecule has 0 saturated heterocycles. The Morgan fingerprint density at radius 1 is 1.18 bits per heavy atom. The second-order valence-corrected chi connectivity index (χ2v) is 9.15. The molecule has 2 heterocycles. The van der Waals surface area contributed by atoms with E-state index in [1.165, 1.54) is 10.5 Å². The summed E-state index contributed by atoms with van der Waals surface area (Å²) in [6.07, 6.45) is 0.491. The van der Waals surface area contributed by atoms with E-state index in [1.54, 1.807) is 31.4 Å². The van der Waals surface area contributed by atoms with E-state index in [4.69, 9.17) is 4.74 Å². The molecule has 5 rings (SSSR count). The average molecular weight is 476 g/mol. The van der Waals surface area contributed by atoms with E-state index in [1.807, 2.05) is 0 Å². The van der Waals surface area contributed by atoms with E-state index in [0.717, 1.165) is 44.4 Å². The van der Waals surface area contributed by atoms with Gasteiger partial charge in [-0.2, -0.15) is 13.2 Å². The Morgan fingerprint density at radius 3 is 2.53 bits per heavy atom. The standard InChI is InChI=1S/C24H24F4N4O2/c1-34-17-4-2-14(3-5-17)22(33)29-16-6-8-23(9-7-16)12-18(23)30-20-10-15(25)11-21-31-19(13-32(20)21)24(26,27)28/h2-5,10-11,13,16,18,30H,6-9,12H2,1H3,(H,29,33). The predicted molar refractivity (Wildman–Crippen MR) is 117 cm³/mol. The molecule has 2 fully saturated rings. The van der Waals surface area contributed by atoms with E-state index in [9.17, 15) is 22.4 Å². The number of halogens is 4. The molecule has 10 heteroatoms. The van der Waals surface area contributed by atoms with Crippen molar-refractivity contribution in [3.8, 4) is 5.75 Å². The Labute approximate surface area is 193 Å². The number of nitrogens with one attached hydrogen (secondary N) is 2. The monoisotopic (exact) mass is 476 g/mol. The van der Waals surface area contributed by atoms with Crippen molar-refractivity contribution in [2.75, 3.05) is 12.4 Å². The van der Waals surface area contributed by atoms with Crippen LogP contribution < -0.4 is 15.4 Å². The topological polar surface area (TPSA) is 67.7 Å². The third-order valence-corrected chi connectivity index (χ3v) is 7.01. The molecule has 1 atom stereocenters. The van der Waals surface area contributed by atoms with Crippen molar-refractivity contribution < 1.29 is 27.1 Å². The van der Waals surface area contributed by atoms with Crippen LogP contribution in [0.3, 0.4) is 0 Å². The second-order valence-electron chi connectivity index (χ2n) is 9.15. The molecule has 2 N–H and O–H groups in total. The van der Waals surface area contributed by atoms with Gasteiger partial charge in [0.05, 0.1) is 7.11 Å². The summed E-state index contributed by atoms with van der Waals surface area (Å²) in [4.78, 5) is 16.1. The number of carbonyl (C=O) groups excluding carboxylic acids is 1. The summed E-state index contributed by atoms with van der Waals surface area (Å²) in [7, 11) is 1.57. The number of fused-ring (bicyclic) bond motifs is 1. The first-order valence-corrected chi connectivity index (χ1v) is 11.1. The van der Waals surface area contributed by atoms with Crippen LogP contribution in [0.5, 0.6) is 5.75 Å². The number of ether oxygens (including phenoxy) is 1. The molecule has 1 spiro atoms. The lowest BCUT2D eigenvalue weighted by atomic mass is 9.82. The number of imidazole rings is 1. The van der Waals surface area contributed by atoms with Crippen LogP contribution in [0.15, 0.2) is 42.6 Å². The zero-order chi connectivity index (χ0) is 24.1. The molecule has 1 aromatic carbocycles. The number of alkyl halides is 3. The Bertz CT molecular complexity index is 1210. The molecule has 1 amide bonds. The number of hydrogen-bond donors (Lipinski definition) is 2. The quantitative estimate of drug-likeness (QED) is 0.506. The number of methoxy groups -OCH3 is 1. The number of pyridine rings is 1. The number of carbonyl (C=O) groups is 1. The molecule has 180 valence electrons. The number of benzene rings is 1. The molecular weight excluding hydrogens is 452 g/mol. The summed E-state index contributed by atoms with van der Waals surface area (Å²) in [5, 5.41) is 6.32. The van der Waals surface area contributed by atoms with E-state index >= 15 is 0 Å². The number of anilines is 1. The maximum atomic E-state index is 14.0. The summed E-state index contributed by atoms with van der Waals surface area (Å²) in [5.74, 6) is 0.171. The number of hydrogen-bond acceptors (Lipinski definition) is 4. The molecule has 3 aromatic rings. The highest BCUT2D eigenvalue weighted by Crippen LogP contribution is 2.57. The minimum Gasteiger partial charge on any atom is -0.497 e. The van der Waals surface area contributed by atoms with Crippen molar-refractivity contribution in [3.05, 3.63) is 59.7 Å². The van der Waals surface area contributed by atoms with Gasteiger partial charge in [0.25, 0.3) is 5.91 Å². The van der Waals surface area contributed by atoms with Crippen molar-refractivity contribution >= 4 is 17.4 Å². The first-order valence-electron chi connectivity index (χ1n) is 11.1. The molecule has 2 aliphatic rings. The lowest BCUT2D eigenvalue weighted by Gasteiger charge is -2.30. The van der Waals surface area contributed by atoms with E-state index in [0.29, 0.717) is 11.3 Å². The highest BCUT2D eigenvalue weighted by Gasteiger charge is 2.55. The highest BCUT2D eigenvalue weighted by atomic mass is 19.4. The fourth-order valence-corrected chi connectivity index (χ4v) is 4.93. The van der Waals surface area contributed by atoms with Crippen molar-refractivity contribution in [1.82, 2.24) is 14.7 Å². The summed E-state index contributed by atoms with van der Waals surface area (Å²) >= 11 is 0. The molecule has 1 unspecified atom stereocenters. The van der Waals surface area contributed by atoms with Crippen molar-refractivity contribution in [1.29, 1.82) is 0 Å². The van der Waals surface area contributed by atoms with E-state index in [2.05, 4.69) is 15.6 Å². The predicted octanol–water partition coefficient (Wildman–Crippen LogP) is 5.04. The first-order chi connectivity index (χ1) is 16.2. The van der Waals surface area contributed by atoms with Gasteiger partial charge in [-0.1, -0.05) is 0 Å². The maximum Gasteiger partial charge on any atom is 0.434 e. The van der Waals surface area contributed by atoms with Gasteiger partial charge in [0.2, 0.25) is 0 Å². The fraction of sp³-hybridized carbons (Fsp3) is 0.417. The van der Waals surface area contributed by atoms with Gasteiger partial charge in [0.15, 0.2) is 5.69 Å². The van der Waals surface area contributed by atoms with Gasteiger partial charge in [-0.3, -0.25) is 9.20 Å². The molecule has 0 radical (unpaired) electrons. The molecule has 6 nitrogen and oxygen atoms in total. The van der Waals surface area contributed by atoms with Crippen molar-refractivity contribution in [3.63, 3.8) is 0 Å². The first kappa shape index (κ1) is 22.5.